The van der Waals surface area contributed by atoms with Crippen LogP contribution in [-0.2, 0) is 4.74 Å². The minimum absolute atomic E-state index is 0.532. The summed E-state index contributed by atoms with van der Waals surface area (Å²) in [5, 5.41) is 8.65. The van der Waals surface area contributed by atoms with Crippen LogP contribution in [0.2, 0.25) is 0 Å². The molecule has 2 aliphatic heterocycles. The molecule has 0 spiro atoms. The van der Waals surface area contributed by atoms with Crippen LogP contribution in [0.1, 0.15) is 0 Å². The van der Waals surface area contributed by atoms with Crippen molar-refractivity contribution in [2.24, 2.45) is 5.92 Å². The van der Waals surface area contributed by atoms with Gasteiger partial charge >= 0.3 is 6.09 Å². The van der Waals surface area contributed by atoms with Crippen molar-refractivity contribution in [3.05, 3.63) is 0 Å². The van der Waals surface area contributed by atoms with E-state index in [0.717, 1.165) is 32.8 Å². The van der Waals surface area contributed by atoms with Gasteiger partial charge in [0.1, 0.15) is 0 Å². The van der Waals surface area contributed by atoms with Gasteiger partial charge in [-0.2, -0.15) is 0 Å². The maximum atomic E-state index is 10.5. The summed E-state index contributed by atoms with van der Waals surface area (Å²) in [5.41, 5.74) is 0. The normalized spacial score (nSPS) is 24.7. The van der Waals surface area contributed by atoms with Gasteiger partial charge < -0.3 is 14.7 Å². The maximum Gasteiger partial charge on any atom is 0.407 e. The average molecular weight is 200 g/mol. The second-order valence-electron chi connectivity index (χ2n) is 3.97. The molecule has 0 atom stereocenters. The van der Waals surface area contributed by atoms with Gasteiger partial charge in [-0.1, -0.05) is 0 Å². The van der Waals surface area contributed by atoms with E-state index in [4.69, 9.17) is 9.84 Å². The lowest BCUT2D eigenvalue weighted by molar-refractivity contribution is 0.00873. The van der Waals surface area contributed by atoms with Crippen molar-refractivity contribution in [2.45, 2.75) is 0 Å². The van der Waals surface area contributed by atoms with Gasteiger partial charge in [-0.25, -0.2) is 4.79 Å². The van der Waals surface area contributed by atoms with Gasteiger partial charge in [-0.3, -0.25) is 4.90 Å². The highest BCUT2D eigenvalue weighted by Gasteiger charge is 2.31. The van der Waals surface area contributed by atoms with Crippen molar-refractivity contribution < 1.29 is 14.6 Å². The van der Waals surface area contributed by atoms with Crippen LogP contribution in [0.4, 0.5) is 4.79 Å². The Balaban J connectivity index is 1.65. The summed E-state index contributed by atoms with van der Waals surface area (Å²) in [6, 6.07) is 0. The number of carboxylic acid groups (broad SMARTS) is 1. The molecule has 0 aromatic rings. The molecule has 2 rings (SSSR count). The molecule has 1 amide bonds. The minimum Gasteiger partial charge on any atom is -0.465 e. The molecule has 0 aromatic heterocycles. The fraction of sp³-hybridized carbons (Fsp3) is 0.889. The molecular formula is C9H16N2O3. The zero-order valence-electron chi connectivity index (χ0n) is 8.19. The second-order valence-corrected chi connectivity index (χ2v) is 3.97. The predicted molar refractivity (Wildman–Crippen MR) is 50.3 cm³/mol. The quantitative estimate of drug-likeness (QED) is 0.678. The summed E-state index contributed by atoms with van der Waals surface area (Å²) in [7, 11) is 0. The van der Waals surface area contributed by atoms with Gasteiger partial charge in [0.15, 0.2) is 0 Å². The number of likely N-dealkylation sites (tertiary alicyclic amines) is 1. The monoisotopic (exact) mass is 200 g/mol. The number of morpholine rings is 1. The van der Waals surface area contributed by atoms with Gasteiger partial charge in [0.2, 0.25) is 0 Å². The van der Waals surface area contributed by atoms with Crippen molar-refractivity contribution in [1.82, 2.24) is 9.80 Å². The molecule has 1 N–H and O–H groups in total. The van der Waals surface area contributed by atoms with Gasteiger partial charge in [0, 0.05) is 38.6 Å². The Morgan fingerprint density at radius 3 is 2.57 bits per heavy atom. The molecule has 0 unspecified atom stereocenters. The number of carbonyl (C=O) groups is 1. The molecule has 0 bridgehead atoms. The molecule has 0 aliphatic carbocycles. The summed E-state index contributed by atoms with van der Waals surface area (Å²) in [4.78, 5) is 14.3. The third-order valence-electron chi connectivity index (χ3n) is 2.85. The smallest absolute Gasteiger partial charge is 0.407 e. The summed E-state index contributed by atoms with van der Waals surface area (Å²) >= 11 is 0. The van der Waals surface area contributed by atoms with E-state index in [1.165, 1.54) is 4.90 Å². The highest BCUT2D eigenvalue weighted by Crippen LogP contribution is 2.17. The van der Waals surface area contributed by atoms with E-state index in [2.05, 4.69) is 4.90 Å². The molecule has 2 heterocycles. The Morgan fingerprint density at radius 1 is 1.36 bits per heavy atom. The molecule has 2 aliphatic rings. The highest BCUT2D eigenvalue weighted by molar-refractivity contribution is 5.66. The summed E-state index contributed by atoms with van der Waals surface area (Å²) in [6.07, 6.45) is -0.789. The number of hydrogen-bond acceptors (Lipinski definition) is 3. The van der Waals surface area contributed by atoms with Crippen molar-refractivity contribution in [2.75, 3.05) is 45.9 Å². The lowest BCUT2D eigenvalue weighted by Crippen LogP contribution is -2.54. The number of hydrogen-bond donors (Lipinski definition) is 1. The van der Waals surface area contributed by atoms with Crippen LogP contribution >= 0.6 is 0 Å². The minimum atomic E-state index is -0.789. The van der Waals surface area contributed by atoms with Crippen molar-refractivity contribution in [1.29, 1.82) is 0 Å². The second kappa shape index (κ2) is 4.14. The first-order valence-corrected chi connectivity index (χ1v) is 5.03. The molecule has 80 valence electrons. The highest BCUT2D eigenvalue weighted by atomic mass is 16.5. The predicted octanol–water partition coefficient (Wildman–Crippen LogP) is -0.0716. The Bertz CT molecular complexity index is 210. The molecule has 5 heteroatoms. The molecule has 2 fully saturated rings. The first-order valence-electron chi connectivity index (χ1n) is 5.03. The van der Waals surface area contributed by atoms with E-state index in [1.54, 1.807) is 0 Å². The molecule has 0 aromatic carbocycles. The Morgan fingerprint density at radius 2 is 2.00 bits per heavy atom. The molecule has 0 radical (unpaired) electrons. The molecule has 0 saturated carbocycles. The average Bonchev–Trinajstić information content (AvgIpc) is 2.12. The van der Waals surface area contributed by atoms with Gasteiger partial charge in [0.05, 0.1) is 13.2 Å². The third kappa shape index (κ3) is 2.16. The van der Waals surface area contributed by atoms with Gasteiger partial charge in [0.25, 0.3) is 0 Å². The molecule has 14 heavy (non-hydrogen) atoms. The fourth-order valence-electron chi connectivity index (χ4n) is 1.99. The van der Waals surface area contributed by atoms with E-state index >= 15 is 0 Å². The Kier molecular flexibility index (Phi) is 2.88. The Labute approximate surface area is 83.2 Å². The van der Waals surface area contributed by atoms with Gasteiger partial charge in [-0.15, -0.1) is 0 Å². The molecule has 5 nitrogen and oxygen atoms in total. The van der Waals surface area contributed by atoms with Crippen LogP contribution in [-0.4, -0.2) is 66.9 Å². The van der Waals surface area contributed by atoms with Crippen molar-refractivity contribution in [3.63, 3.8) is 0 Å². The zero-order valence-corrected chi connectivity index (χ0v) is 8.19. The standard InChI is InChI=1S/C9H16N2O3/c12-9(13)11-6-8(7-11)5-10-1-3-14-4-2-10/h8H,1-7H2,(H,12,13). The zero-order chi connectivity index (χ0) is 9.97. The van der Waals surface area contributed by atoms with Crippen LogP contribution in [0.25, 0.3) is 0 Å². The number of rotatable bonds is 2. The van der Waals surface area contributed by atoms with Crippen LogP contribution in [0.5, 0.6) is 0 Å². The van der Waals surface area contributed by atoms with Crippen molar-refractivity contribution in [3.8, 4) is 0 Å². The van der Waals surface area contributed by atoms with E-state index < -0.39 is 6.09 Å². The third-order valence-corrected chi connectivity index (χ3v) is 2.85. The first kappa shape index (κ1) is 9.73. The number of amides is 1. The number of nitrogens with zero attached hydrogens (tertiary/aromatic N) is 2. The summed E-state index contributed by atoms with van der Waals surface area (Å²) in [6.45, 7) is 6.03. The van der Waals surface area contributed by atoms with Gasteiger partial charge in [-0.05, 0) is 0 Å². The molecular weight excluding hydrogens is 184 g/mol. The SMILES string of the molecule is O=C(O)N1CC(CN2CCOCC2)C1. The summed E-state index contributed by atoms with van der Waals surface area (Å²) in [5.74, 6) is 0.532. The number of ether oxygens (including phenoxy) is 1. The van der Waals surface area contributed by atoms with Crippen LogP contribution < -0.4 is 0 Å². The summed E-state index contributed by atoms with van der Waals surface area (Å²) < 4.78 is 5.25. The fourth-order valence-corrected chi connectivity index (χ4v) is 1.99. The first-order chi connectivity index (χ1) is 6.75. The lowest BCUT2D eigenvalue weighted by atomic mass is 10.0. The lowest BCUT2D eigenvalue weighted by Gasteiger charge is -2.40. The Hall–Kier alpha value is -0.810. The topological polar surface area (TPSA) is 53.0 Å². The van der Waals surface area contributed by atoms with E-state index in [9.17, 15) is 4.79 Å². The van der Waals surface area contributed by atoms with Crippen LogP contribution in [0, 0.1) is 5.92 Å². The van der Waals surface area contributed by atoms with Crippen LogP contribution in [0.3, 0.4) is 0 Å². The van der Waals surface area contributed by atoms with Crippen LogP contribution in [0.15, 0.2) is 0 Å². The van der Waals surface area contributed by atoms with E-state index in [-0.39, 0.29) is 0 Å². The largest absolute Gasteiger partial charge is 0.465 e. The van der Waals surface area contributed by atoms with E-state index in [1.807, 2.05) is 0 Å². The maximum absolute atomic E-state index is 10.5. The van der Waals surface area contributed by atoms with Crippen molar-refractivity contribution >= 4 is 6.09 Å². The molecule has 2 saturated heterocycles. The van der Waals surface area contributed by atoms with E-state index in [0.29, 0.717) is 19.0 Å².